The van der Waals surface area contributed by atoms with Crippen LogP contribution in [0.4, 0.5) is 5.69 Å². The third-order valence-electron chi connectivity index (χ3n) is 2.32. The minimum Gasteiger partial charge on any atom is -0.258 e. The first-order chi connectivity index (χ1) is 8.22. The monoisotopic (exact) mass is 225 g/mol. The Morgan fingerprint density at radius 1 is 1.24 bits per heavy atom. The van der Waals surface area contributed by atoms with E-state index in [0.29, 0.717) is 16.7 Å². The highest BCUT2D eigenvalue weighted by molar-refractivity contribution is 5.72. The molecule has 0 aliphatic rings. The highest BCUT2D eigenvalue weighted by Crippen LogP contribution is 2.28. The smallest absolute Gasteiger partial charge is 0.258 e. The van der Waals surface area contributed by atoms with Crippen LogP contribution in [0.3, 0.4) is 0 Å². The van der Waals surface area contributed by atoms with E-state index in [1.165, 1.54) is 12.4 Å². The molecular weight excluding hydrogens is 218 g/mol. The van der Waals surface area contributed by atoms with E-state index in [1.807, 2.05) is 6.07 Å². The molecule has 1 aromatic heterocycles. The Hall–Kier alpha value is -2.74. The van der Waals surface area contributed by atoms with Crippen molar-refractivity contribution in [3.05, 3.63) is 58.4 Å². The molecule has 0 saturated carbocycles. The standard InChI is InChI=1S/C12H7N3O2/c13-7-9-1-3-10(4-2-9)11-5-6-14-8-12(11)15(16)17/h1-6,8H. The van der Waals surface area contributed by atoms with Gasteiger partial charge in [0.25, 0.3) is 5.69 Å². The molecule has 0 aliphatic heterocycles. The van der Waals surface area contributed by atoms with Crippen LogP contribution in [0.5, 0.6) is 0 Å². The first kappa shape index (κ1) is 10.8. The van der Waals surface area contributed by atoms with Crippen molar-refractivity contribution in [3.8, 4) is 17.2 Å². The average Bonchev–Trinajstić information content (AvgIpc) is 2.39. The predicted octanol–water partition coefficient (Wildman–Crippen LogP) is 2.53. The van der Waals surface area contributed by atoms with E-state index < -0.39 is 4.92 Å². The molecule has 1 heterocycles. The van der Waals surface area contributed by atoms with Gasteiger partial charge in [-0.1, -0.05) is 12.1 Å². The van der Waals surface area contributed by atoms with Crippen molar-refractivity contribution < 1.29 is 4.92 Å². The summed E-state index contributed by atoms with van der Waals surface area (Å²) < 4.78 is 0. The van der Waals surface area contributed by atoms with E-state index in [0.717, 1.165) is 0 Å². The van der Waals surface area contributed by atoms with Crippen LogP contribution in [0, 0.1) is 21.4 Å². The fourth-order valence-electron chi connectivity index (χ4n) is 1.50. The van der Waals surface area contributed by atoms with Crippen molar-refractivity contribution >= 4 is 5.69 Å². The lowest BCUT2D eigenvalue weighted by Crippen LogP contribution is -1.92. The van der Waals surface area contributed by atoms with E-state index in [9.17, 15) is 10.1 Å². The van der Waals surface area contributed by atoms with E-state index >= 15 is 0 Å². The second-order valence-corrected chi connectivity index (χ2v) is 3.34. The minimum absolute atomic E-state index is 0.0443. The zero-order valence-corrected chi connectivity index (χ0v) is 8.70. The zero-order valence-electron chi connectivity index (χ0n) is 8.70. The van der Waals surface area contributed by atoms with Gasteiger partial charge in [-0.25, -0.2) is 0 Å². The molecule has 0 fully saturated rings. The lowest BCUT2D eigenvalue weighted by atomic mass is 10.0. The highest BCUT2D eigenvalue weighted by atomic mass is 16.6. The van der Waals surface area contributed by atoms with Gasteiger partial charge < -0.3 is 0 Å². The number of nitrogens with zero attached hydrogens (tertiary/aromatic N) is 3. The maximum Gasteiger partial charge on any atom is 0.295 e. The van der Waals surface area contributed by atoms with Gasteiger partial charge in [0, 0.05) is 6.20 Å². The highest BCUT2D eigenvalue weighted by Gasteiger charge is 2.14. The van der Waals surface area contributed by atoms with Crippen LogP contribution < -0.4 is 0 Å². The van der Waals surface area contributed by atoms with Gasteiger partial charge >= 0.3 is 0 Å². The van der Waals surface area contributed by atoms with Gasteiger partial charge in [0.15, 0.2) is 0 Å². The third-order valence-corrected chi connectivity index (χ3v) is 2.32. The van der Waals surface area contributed by atoms with Crippen LogP contribution in [-0.4, -0.2) is 9.91 Å². The van der Waals surface area contributed by atoms with Crippen LogP contribution in [-0.2, 0) is 0 Å². The van der Waals surface area contributed by atoms with E-state index in [4.69, 9.17) is 5.26 Å². The van der Waals surface area contributed by atoms with Crippen molar-refractivity contribution in [1.29, 1.82) is 5.26 Å². The molecule has 2 aromatic rings. The molecule has 0 saturated heterocycles. The number of benzene rings is 1. The second-order valence-electron chi connectivity index (χ2n) is 3.34. The van der Waals surface area contributed by atoms with Crippen molar-refractivity contribution in [2.24, 2.45) is 0 Å². The number of hydrogen-bond acceptors (Lipinski definition) is 4. The number of hydrogen-bond donors (Lipinski definition) is 0. The Morgan fingerprint density at radius 2 is 1.94 bits per heavy atom. The molecule has 0 spiro atoms. The molecule has 2 rings (SSSR count). The summed E-state index contributed by atoms with van der Waals surface area (Å²) in [6.07, 6.45) is 2.72. The molecule has 0 unspecified atom stereocenters. The van der Waals surface area contributed by atoms with Crippen molar-refractivity contribution in [3.63, 3.8) is 0 Å². The average molecular weight is 225 g/mol. The molecule has 5 heteroatoms. The van der Waals surface area contributed by atoms with E-state index in [2.05, 4.69) is 4.98 Å². The fourth-order valence-corrected chi connectivity index (χ4v) is 1.50. The maximum absolute atomic E-state index is 10.8. The van der Waals surface area contributed by atoms with Crippen molar-refractivity contribution in [2.75, 3.05) is 0 Å². The molecule has 17 heavy (non-hydrogen) atoms. The van der Waals surface area contributed by atoms with Gasteiger partial charge in [0.2, 0.25) is 0 Å². The summed E-state index contributed by atoms with van der Waals surface area (Å²) in [4.78, 5) is 14.1. The lowest BCUT2D eigenvalue weighted by molar-refractivity contribution is -0.384. The first-order valence-corrected chi connectivity index (χ1v) is 4.81. The third kappa shape index (κ3) is 2.11. The van der Waals surface area contributed by atoms with Gasteiger partial charge in [0.1, 0.15) is 6.20 Å². The van der Waals surface area contributed by atoms with Crippen LogP contribution in [0.2, 0.25) is 0 Å². The van der Waals surface area contributed by atoms with Gasteiger partial charge in [-0.15, -0.1) is 0 Å². The van der Waals surface area contributed by atoms with E-state index in [1.54, 1.807) is 30.3 Å². The summed E-state index contributed by atoms with van der Waals surface area (Å²) in [6.45, 7) is 0. The summed E-state index contributed by atoms with van der Waals surface area (Å²) >= 11 is 0. The number of rotatable bonds is 2. The van der Waals surface area contributed by atoms with Gasteiger partial charge in [0.05, 0.1) is 22.1 Å². The van der Waals surface area contributed by atoms with Crippen molar-refractivity contribution in [2.45, 2.75) is 0 Å². The minimum atomic E-state index is -0.472. The van der Waals surface area contributed by atoms with Crippen LogP contribution >= 0.6 is 0 Å². The first-order valence-electron chi connectivity index (χ1n) is 4.81. The molecule has 0 amide bonds. The number of pyridine rings is 1. The Labute approximate surface area is 97.1 Å². The quantitative estimate of drug-likeness (QED) is 0.581. The number of nitro groups is 1. The van der Waals surface area contributed by atoms with Crippen LogP contribution in [0.25, 0.3) is 11.1 Å². The molecule has 1 aromatic carbocycles. The van der Waals surface area contributed by atoms with Crippen LogP contribution in [0.1, 0.15) is 5.56 Å². The topological polar surface area (TPSA) is 79.8 Å². The summed E-state index contributed by atoms with van der Waals surface area (Å²) in [6, 6.07) is 10.2. The second kappa shape index (κ2) is 4.41. The summed E-state index contributed by atoms with van der Waals surface area (Å²) in [5.74, 6) is 0. The Balaban J connectivity index is 2.53. The molecule has 5 nitrogen and oxygen atoms in total. The zero-order chi connectivity index (χ0) is 12.3. The SMILES string of the molecule is N#Cc1ccc(-c2ccncc2[N+](=O)[O-])cc1. The molecular formula is C12H7N3O2. The molecule has 0 atom stereocenters. The normalized spacial score (nSPS) is 9.59. The van der Waals surface area contributed by atoms with Crippen LogP contribution in [0.15, 0.2) is 42.7 Å². The Bertz CT molecular complexity index is 600. The predicted molar refractivity (Wildman–Crippen MR) is 61.0 cm³/mol. The molecule has 82 valence electrons. The molecule has 0 N–H and O–H groups in total. The van der Waals surface area contributed by atoms with Crippen molar-refractivity contribution in [1.82, 2.24) is 4.98 Å². The maximum atomic E-state index is 10.8. The largest absolute Gasteiger partial charge is 0.295 e. The number of nitriles is 1. The van der Waals surface area contributed by atoms with Gasteiger partial charge in [-0.05, 0) is 23.8 Å². The van der Waals surface area contributed by atoms with E-state index in [-0.39, 0.29) is 5.69 Å². The Morgan fingerprint density at radius 3 is 2.53 bits per heavy atom. The Kier molecular flexibility index (Phi) is 2.79. The van der Waals surface area contributed by atoms with Gasteiger partial charge in [-0.3, -0.25) is 15.1 Å². The summed E-state index contributed by atoms with van der Waals surface area (Å²) in [5, 5.41) is 19.5. The summed E-state index contributed by atoms with van der Waals surface area (Å²) in [5.41, 5.74) is 1.66. The molecule has 0 radical (unpaired) electrons. The van der Waals surface area contributed by atoms with Gasteiger partial charge in [-0.2, -0.15) is 5.26 Å². The molecule has 0 aliphatic carbocycles. The molecule has 0 bridgehead atoms. The number of aromatic nitrogens is 1. The summed E-state index contributed by atoms with van der Waals surface area (Å²) in [7, 11) is 0. The fraction of sp³-hybridized carbons (Fsp3) is 0. The lowest BCUT2D eigenvalue weighted by Gasteiger charge is -2.02.